The zero-order valence-electron chi connectivity index (χ0n) is 11.9. The maximum atomic E-state index is 5.07. The average molecular weight is 261 g/mol. The fraction of sp³-hybridized carbons (Fsp3) is 0.600. The number of methoxy groups -OCH3 is 1. The third-order valence-electron chi connectivity index (χ3n) is 3.52. The Hall–Kier alpha value is -1.42. The molecule has 1 aliphatic carbocycles. The highest BCUT2D eigenvalue weighted by Crippen LogP contribution is 2.28. The molecule has 1 atom stereocenters. The number of hydrogen-bond donors (Lipinski definition) is 1. The molecule has 4 heteroatoms. The molecule has 1 aromatic rings. The van der Waals surface area contributed by atoms with Crippen LogP contribution in [0.5, 0.6) is 5.88 Å². The summed E-state index contributed by atoms with van der Waals surface area (Å²) in [6.45, 7) is 3.05. The molecule has 19 heavy (non-hydrogen) atoms. The predicted molar refractivity (Wildman–Crippen MR) is 76.2 cm³/mol. The summed E-state index contributed by atoms with van der Waals surface area (Å²) in [4.78, 5) is 0. The average Bonchev–Trinajstić information content (AvgIpc) is 2.74. The summed E-state index contributed by atoms with van der Waals surface area (Å²) < 4.78 is 5.07. The van der Waals surface area contributed by atoms with Gasteiger partial charge in [0.05, 0.1) is 18.8 Å². The summed E-state index contributed by atoms with van der Waals surface area (Å²) in [6, 6.07) is 4.08. The molecule has 1 unspecified atom stereocenters. The van der Waals surface area contributed by atoms with Crippen molar-refractivity contribution in [1.82, 2.24) is 15.5 Å². The molecule has 4 nitrogen and oxygen atoms in total. The Kier molecular flexibility index (Phi) is 5.33. The summed E-state index contributed by atoms with van der Waals surface area (Å²) in [5.41, 5.74) is 2.44. The van der Waals surface area contributed by atoms with E-state index in [1.165, 1.54) is 31.3 Å². The lowest BCUT2D eigenvalue weighted by atomic mass is 9.99. The van der Waals surface area contributed by atoms with Crippen molar-refractivity contribution in [3.8, 4) is 5.88 Å². The van der Waals surface area contributed by atoms with Gasteiger partial charge in [0.15, 0.2) is 0 Å². The van der Waals surface area contributed by atoms with Crippen molar-refractivity contribution in [3.63, 3.8) is 0 Å². The Morgan fingerprint density at radius 2 is 2.16 bits per heavy atom. The predicted octanol–water partition coefficient (Wildman–Crippen LogP) is 3.03. The van der Waals surface area contributed by atoms with Gasteiger partial charge in [-0.2, -0.15) is 0 Å². The van der Waals surface area contributed by atoms with Gasteiger partial charge in [-0.3, -0.25) is 0 Å². The first-order valence-electron chi connectivity index (χ1n) is 7.15. The van der Waals surface area contributed by atoms with Crippen LogP contribution in [-0.2, 0) is 0 Å². The van der Waals surface area contributed by atoms with E-state index >= 15 is 0 Å². The van der Waals surface area contributed by atoms with Gasteiger partial charge in [0.25, 0.3) is 0 Å². The molecular formula is C15H23N3O. The molecule has 1 heterocycles. The second-order valence-electron chi connectivity index (χ2n) is 4.87. The van der Waals surface area contributed by atoms with Crippen molar-refractivity contribution in [2.24, 2.45) is 0 Å². The number of ether oxygens (including phenoxy) is 1. The first-order valence-corrected chi connectivity index (χ1v) is 7.15. The molecule has 0 saturated carbocycles. The van der Waals surface area contributed by atoms with E-state index in [9.17, 15) is 0 Å². The number of likely N-dealkylation sites (N-methyl/N-ethyl adjacent to an activating group) is 1. The first-order chi connectivity index (χ1) is 9.35. The zero-order chi connectivity index (χ0) is 13.5. The highest BCUT2D eigenvalue weighted by Gasteiger charge is 2.18. The van der Waals surface area contributed by atoms with Gasteiger partial charge in [0.2, 0.25) is 5.88 Å². The van der Waals surface area contributed by atoms with E-state index in [1.54, 1.807) is 7.11 Å². The molecule has 0 saturated heterocycles. The fourth-order valence-electron chi connectivity index (χ4n) is 2.52. The van der Waals surface area contributed by atoms with E-state index in [0.29, 0.717) is 5.88 Å². The second-order valence-corrected chi connectivity index (χ2v) is 4.87. The second kappa shape index (κ2) is 7.24. The lowest BCUT2D eigenvalue weighted by Crippen LogP contribution is -2.24. The van der Waals surface area contributed by atoms with Gasteiger partial charge in [0, 0.05) is 6.07 Å². The van der Waals surface area contributed by atoms with E-state index in [0.717, 1.165) is 18.7 Å². The van der Waals surface area contributed by atoms with Crippen molar-refractivity contribution in [3.05, 3.63) is 29.5 Å². The summed E-state index contributed by atoms with van der Waals surface area (Å²) in [7, 11) is 1.61. The number of nitrogens with zero attached hydrogens (tertiary/aromatic N) is 2. The van der Waals surface area contributed by atoms with Gasteiger partial charge < -0.3 is 10.1 Å². The summed E-state index contributed by atoms with van der Waals surface area (Å²) >= 11 is 0. The van der Waals surface area contributed by atoms with Crippen molar-refractivity contribution in [2.45, 2.75) is 45.1 Å². The third kappa shape index (κ3) is 3.77. The van der Waals surface area contributed by atoms with Gasteiger partial charge in [-0.05, 0) is 38.3 Å². The van der Waals surface area contributed by atoms with Crippen molar-refractivity contribution >= 4 is 0 Å². The molecule has 1 N–H and O–H groups in total. The van der Waals surface area contributed by atoms with Crippen LogP contribution >= 0.6 is 0 Å². The number of rotatable bonds is 5. The van der Waals surface area contributed by atoms with Crippen LogP contribution in [0.25, 0.3) is 0 Å². The van der Waals surface area contributed by atoms with Crippen LogP contribution in [0.3, 0.4) is 0 Å². The SMILES string of the molecule is CCNC(C1=CCCCCC1)c1ccc(OC)nn1. The van der Waals surface area contributed by atoms with Crippen LogP contribution in [0.15, 0.2) is 23.8 Å². The van der Waals surface area contributed by atoms with Crippen LogP contribution in [-0.4, -0.2) is 23.9 Å². The first kappa shape index (κ1) is 14.0. The van der Waals surface area contributed by atoms with Crippen LogP contribution in [0.4, 0.5) is 0 Å². The standard InChI is InChI=1S/C15H23N3O/c1-3-16-15(12-8-6-4-5-7-9-12)13-10-11-14(19-2)18-17-13/h8,10-11,15-16H,3-7,9H2,1-2H3. The van der Waals surface area contributed by atoms with Crippen LogP contribution in [0.1, 0.15) is 50.8 Å². The quantitative estimate of drug-likeness (QED) is 0.828. The van der Waals surface area contributed by atoms with Gasteiger partial charge in [-0.25, -0.2) is 0 Å². The Labute approximate surface area is 115 Å². The minimum atomic E-state index is 0.196. The Morgan fingerprint density at radius 3 is 2.84 bits per heavy atom. The highest BCUT2D eigenvalue weighted by molar-refractivity contribution is 5.24. The molecule has 0 aliphatic heterocycles. The van der Waals surface area contributed by atoms with E-state index in [1.807, 2.05) is 12.1 Å². The Morgan fingerprint density at radius 1 is 1.26 bits per heavy atom. The van der Waals surface area contributed by atoms with Gasteiger partial charge in [-0.15, -0.1) is 10.2 Å². The van der Waals surface area contributed by atoms with Crippen molar-refractivity contribution in [1.29, 1.82) is 0 Å². The lowest BCUT2D eigenvalue weighted by Gasteiger charge is -2.20. The number of hydrogen-bond acceptors (Lipinski definition) is 4. The molecule has 104 valence electrons. The third-order valence-corrected chi connectivity index (χ3v) is 3.52. The van der Waals surface area contributed by atoms with E-state index < -0.39 is 0 Å². The molecule has 1 aromatic heterocycles. The van der Waals surface area contributed by atoms with Gasteiger partial charge >= 0.3 is 0 Å². The summed E-state index contributed by atoms with van der Waals surface area (Å²) in [5.74, 6) is 0.564. The molecule has 0 aromatic carbocycles. The van der Waals surface area contributed by atoms with Crippen molar-refractivity contribution in [2.75, 3.05) is 13.7 Å². The summed E-state index contributed by atoms with van der Waals surface area (Å²) in [6.07, 6.45) is 8.62. The van der Waals surface area contributed by atoms with Gasteiger partial charge in [0.1, 0.15) is 0 Å². The molecule has 0 bridgehead atoms. The maximum Gasteiger partial charge on any atom is 0.233 e. The smallest absolute Gasteiger partial charge is 0.233 e. The molecule has 0 fully saturated rings. The number of allylic oxidation sites excluding steroid dienone is 1. The Bertz CT molecular complexity index is 414. The molecular weight excluding hydrogens is 238 g/mol. The topological polar surface area (TPSA) is 47.0 Å². The molecule has 0 radical (unpaired) electrons. The maximum absolute atomic E-state index is 5.07. The van der Waals surface area contributed by atoms with Gasteiger partial charge in [-0.1, -0.05) is 25.0 Å². The van der Waals surface area contributed by atoms with E-state index in [4.69, 9.17) is 4.74 Å². The summed E-state index contributed by atoms with van der Waals surface area (Å²) in [5, 5.41) is 11.9. The zero-order valence-corrected chi connectivity index (χ0v) is 11.9. The number of nitrogens with one attached hydrogen (secondary N) is 1. The monoisotopic (exact) mass is 261 g/mol. The minimum Gasteiger partial charge on any atom is -0.480 e. The van der Waals surface area contributed by atoms with E-state index in [-0.39, 0.29) is 6.04 Å². The highest BCUT2D eigenvalue weighted by atomic mass is 16.5. The lowest BCUT2D eigenvalue weighted by molar-refractivity contribution is 0.390. The van der Waals surface area contributed by atoms with Crippen LogP contribution in [0.2, 0.25) is 0 Å². The molecule has 1 aliphatic rings. The van der Waals surface area contributed by atoms with Crippen LogP contribution in [0, 0.1) is 0 Å². The number of aromatic nitrogens is 2. The minimum absolute atomic E-state index is 0.196. The normalized spacial score (nSPS) is 17.5. The largest absolute Gasteiger partial charge is 0.480 e. The van der Waals surface area contributed by atoms with Crippen LogP contribution < -0.4 is 10.1 Å². The Balaban J connectivity index is 2.19. The fourth-order valence-corrected chi connectivity index (χ4v) is 2.52. The van der Waals surface area contributed by atoms with Crippen molar-refractivity contribution < 1.29 is 4.74 Å². The van der Waals surface area contributed by atoms with E-state index in [2.05, 4.69) is 28.5 Å². The molecule has 2 rings (SSSR count). The molecule has 0 spiro atoms. The molecule has 0 amide bonds.